The smallest absolute Gasteiger partial charge is 0.131 e. The van der Waals surface area contributed by atoms with Crippen LogP contribution in [0.5, 0.6) is 0 Å². The maximum Gasteiger partial charge on any atom is 0.131 e. The highest BCUT2D eigenvalue weighted by atomic mass is 16.3. The third-order valence-electron chi connectivity index (χ3n) is 6.81. The van der Waals surface area contributed by atoms with Gasteiger partial charge < -0.3 is 14.2 Å². The van der Waals surface area contributed by atoms with Crippen LogP contribution in [0, 0.1) is 0 Å². The molecule has 2 atom stereocenters. The van der Waals surface area contributed by atoms with Gasteiger partial charge in [0.2, 0.25) is 0 Å². The molecular weight excluding hydrogens is 464 g/mol. The van der Waals surface area contributed by atoms with Crippen molar-refractivity contribution < 1.29 is 4.42 Å². The van der Waals surface area contributed by atoms with E-state index in [1.165, 1.54) is 22.4 Å². The first-order valence-electron chi connectivity index (χ1n) is 13.1. The second-order valence-electron chi connectivity index (χ2n) is 10.2. The van der Waals surface area contributed by atoms with Crippen LogP contribution in [0.4, 0.5) is 0 Å². The van der Waals surface area contributed by atoms with Crippen LogP contribution in [-0.4, -0.2) is 23.9 Å². The summed E-state index contributed by atoms with van der Waals surface area (Å²) in [4.78, 5) is 4.46. The maximum absolute atomic E-state index is 6.74. The molecule has 3 aromatic rings. The number of nitrogens with zero attached hydrogens (tertiary/aromatic N) is 2. The molecule has 0 saturated heterocycles. The molecule has 0 spiro atoms. The average molecular weight is 507 g/mol. The zero-order chi connectivity index (χ0) is 27.8. The topological polar surface area (TPSA) is 19.6 Å². The van der Waals surface area contributed by atoms with Gasteiger partial charge in [-0.2, -0.15) is 0 Å². The fourth-order valence-corrected chi connectivity index (χ4v) is 4.62. The van der Waals surface area contributed by atoms with Crippen molar-refractivity contribution in [2.45, 2.75) is 46.7 Å². The lowest BCUT2D eigenvalue weighted by Gasteiger charge is -2.32. The Morgan fingerprint density at radius 3 is 1.61 bits per heavy atom. The van der Waals surface area contributed by atoms with E-state index in [9.17, 15) is 0 Å². The quantitative estimate of drug-likeness (QED) is 0.242. The Bertz CT molecular complexity index is 1320. The predicted octanol–water partition coefficient (Wildman–Crippen LogP) is 9.23. The first-order chi connectivity index (χ1) is 18.1. The van der Waals surface area contributed by atoms with Crippen LogP contribution in [0.25, 0.3) is 0 Å². The summed E-state index contributed by atoms with van der Waals surface area (Å²) < 4.78 is 6.74. The summed E-state index contributed by atoms with van der Waals surface area (Å²) in [5, 5.41) is 0. The van der Waals surface area contributed by atoms with Gasteiger partial charge in [0.1, 0.15) is 23.6 Å². The molecule has 2 unspecified atom stereocenters. The molecule has 3 heteroatoms. The van der Waals surface area contributed by atoms with Gasteiger partial charge in [-0.15, -0.1) is 0 Å². The molecule has 0 fully saturated rings. The van der Waals surface area contributed by atoms with Crippen molar-refractivity contribution >= 4 is 0 Å². The molecule has 0 saturated carbocycles. The van der Waals surface area contributed by atoms with Gasteiger partial charge in [0.15, 0.2) is 0 Å². The standard InChI is InChI=1S/C35H42N2O/c1-25(2)20-21-28(6)36(8)34(30-16-12-10-13-17-30)32-22-23-33(38-32)35(31-18-14-11-15-19-31)37(9)29(7)27(5)24-26(3)4/h10-24,34-35H,1,6H2,2-5,7-9H3/b21-20-,29-27+. The van der Waals surface area contributed by atoms with Crippen LogP contribution in [0.3, 0.4) is 0 Å². The first kappa shape index (κ1) is 28.6. The minimum absolute atomic E-state index is 0.0706. The Morgan fingerprint density at radius 2 is 1.16 bits per heavy atom. The molecular formula is C35H42N2O. The zero-order valence-corrected chi connectivity index (χ0v) is 24.0. The van der Waals surface area contributed by atoms with Gasteiger partial charge in [0, 0.05) is 25.5 Å². The molecule has 0 amide bonds. The molecule has 0 aliphatic heterocycles. The fourth-order valence-electron chi connectivity index (χ4n) is 4.62. The highest BCUT2D eigenvalue weighted by Gasteiger charge is 2.28. The van der Waals surface area contributed by atoms with Gasteiger partial charge in [-0.3, -0.25) is 0 Å². The third kappa shape index (κ3) is 7.07. The van der Waals surface area contributed by atoms with Crippen LogP contribution in [-0.2, 0) is 0 Å². The summed E-state index contributed by atoms with van der Waals surface area (Å²) in [6.45, 7) is 18.9. The summed E-state index contributed by atoms with van der Waals surface area (Å²) in [5.74, 6) is 1.77. The van der Waals surface area contributed by atoms with Crippen molar-refractivity contribution in [1.82, 2.24) is 9.80 Å². The third-order valence-corrected chi connectivity index (χ3v) is 6.81. The molecule has 0 N–H and O–H groups in total. The summed E-state index contributed by atoms with van der Waals surface area (Å²) >= 11 is 0. The normalized spacial score (nSPS) is 13.4. The predicted molar refractivity (Wildman–Crippen MR) is 162 cm³/mol. The minimum atomic E-state index is -0.127. The molecule has 0 aliphatic carbocycles. The van der Waals surface area contributed by atoms with E-state index >= 15 is 0 Å². The van der Waals surface area contributed by atoms with Crippen LogP contribution >= 0.6 is 0 Å². The Labute approximate surface area is 229 Å². The molecule has 1 heterocycles. The van der Waals surface area contributed by atoms with Crippen molar-refractivity contribution in [3.8, 4) is 0 Å². The molecule has 198 valence electrons. The number of rotatable bonds is 11. The summed E-state index contributed by atoms with van der Waals surface area (Å²) in [6, 6.07) is 25.0. The van der Waals surface area contributed by atoms with E-state index in [0.717, 1.165) is 28.4 Å². The number of benzene rings is 2. The van der Waals surface area contributed by atoms with Gasteiger partial charge in [-0.1, -0.05) is 97.1 Å². The van der Waals surface area contributed by atoms with Crippen LogP contribution < -0.4 is 0 Å². The van der Waals surface area contributed by atoms with Gasteiger partial charge in [0.05, 0.1) is 0 Å². The lowest BCUT2D eigenvalue weighted by atomic mass is 10.0. The Kier molecular flexibility index (Phi) is 9.78. The molecule has 3 nitrogen and oxygen atoms in total. The van der Waals surface area contributed by atoms with Gasteiger partial charge >= 0.3 is 0 Å². The summed E-state index contributed by atoms with van der Waals surface area (Å²) in [6.07, 6.45) is 6.22. The molecule has 2 aromatic carbocycles. The minimum Gasteiger partial charge on any atom is -0.461 e. The maximum atomic E-state index is 6.74. The number of likely N-dealkylation sites (N-methyl/N-ethyl adjacent to an activating group) is 1. The van der Waals surface area contributed by atoms with E-state index in [0.29, 0.717) is 0 Å². The number of hydrogen-bond donors (Lipinski definition) is 0. The van der Waals surface area contributed by atoms with Gasteiger partial charge in [-0.05, 0) is 69.5 Å². The highest BCUT2D eigenvalue weighted by molar-refractivity contribution is 5.35. The summed E-state index contributed by atoms with van der Waals surface area (Å²) in [7, 11) is 4.20. The van der Waals surface area contributed by atoms with Crippen LogP contribution in [0.15, 0.2) is 137 Å². The Hall–Kier alpha value is -3.98. The Balaban J connectivity index is 2.10. The van der Waals surface area contributed by atoms with Crippen LogP contribution in [0.2, 0.25) is 0 Å². The monoisotopic (exact) mass is 506 g/mol. The molecule has 0 radical (unpaired) electrons. The van der Waals surface area contributed by atoms with E-state index in [2.05, 4.69) is 138 Å². The second-order valence-corrected chi connectivity index (χ2v) is 10.2. The average Bonchev–Trinajstić information content (AvgIpc) is 3.36. The first-order valence-corrected chi connectivity index (χ1v) is 13.1. The van der Waals surface area contributed by atoms with Crippen molar-refractivity contribution in [2.24, 2.45) is 0 Å². The fraction of sp³-hybridized carbons (Fsp3) is 0.257. The van der Waals surface area contributed by atoms with Gasteiger partial charge in [-0.25, -0.2) is 0 Å². The number of furan rings is 1. The molecule has 1 aromatic heterocycles. The zero-order valence-electron chi connectivity index (χ0n) is 24.0. The molecule has 3 rings (SSSR count). The van der Waals surface area contributed by atoms with E-state index in [1.807, 2.05) is 25.1 Å². The Morgan fingerprint density at radius 1 is 0.684 bits per heavy atom. The van der Waals surface area contributed by atoms with Crippen LogP contribution in [0.1, 0.15) is 69.3 Å². The largest absolute Gasteiger partial charge is 0.461 e. The van der Waals surface area contributed by atoms with Crippen molar-refractivity contribution in [1.29, 1.82) is 0 Å². The SMILES string of the molecule is C=C(C)/C=C\C(=C)N(C)C(c1ccccc1)c1ccc(C(c2ccccc2)N(C)/C(C)=C(\C)C=C(C)C)o1. The van der Waals surface area contributed by atoms with E-state index in [4.69, 9.17) is 4.42 Å². The van der Waals surface area contributed by atoms with Crippen molar-refractivity contribution in [2.75, 3.05) is 14.1 Å². The lowest BCUT2D eigenvalue weighted by molar-refractivity contribution is 0.268. The van der Waals surface area contributed by atoms with E-state index in [-0.39, 0.29) is 12.1 Å². The van der Waals surface area contributed by atoms with Gasteiger partial charge in [0.25, 0.3) is 0 Å². The van der Waals surface area contributed by atoms with Crippen molar-refractivity contribution in [3.63, 3.8) is 0 Å². The molecule has 38 heavy (non-hydrogen) atoms. The lowest BCUT2D eigenvalue weighted by Crippen LogP contribution is -2.25. The highest BCUT2D eigenvalue weighted by Crippen LogP contribution is 2.37. The number of allylic oxidation sites excluding steroid dienone is 7. The molecule has 0 bridgehead atoms. The van der Waals surface area contributed by atoms with E-state index < -0.39 is 0 Å². The second kappa shape index (κ2) is 13.0. The van der Waals surface area contributed by atoms with E-state index in [1.54, 1.807) is 0 Å². The number of hydrogen-bond acceptors (Lipinski definition) is 3. The van der Waals surface area contributed by atoms with Crippen molar-refractivity contribution in [3.05, 3.63) is 155 Å². The summed E-state index contributed by atoms with van der Waals surface area (Å²) in [5.41, 5.74) is 7.90. The molecule has 0 aliphatic rings.